The number of carbonyl (C=O) groups is 1. The molecular formula is C21H22F2N6O. The molecule has 156 valence electrons. The highest BCUT2D eigenvalue weighted by Crippen LogP contribution is 2.18. The van der Waals surface area contributed by atoms with Gasteiger partial charge in [0.2, 0.25) is 0 Å². The van der Waals surface area contributed by atoms with Gasteiger partial charge >= 0.3 is 0 Å². The normalized spacial score (nSPS) is 15.3. The van der Waals surface area contributed by atoms with Crippen molar-refractivity contribution in [3.8, 4) is 0 Å². The third-order valence-electron chi connectivity index (χ3n) is 5.18. The molecular weight excluding hydrogens is 390 g/mol. The quantitative estimate of drug-likeness (QED) is 0.697. The molecule has 0 saturated carbocycles. The first kappa shape index (κ1) is 20.1. The first-order valence-electron chi connectivity index (χ1n) is 9.80. The molecule has 3 heterocycles. The Morgan fingerprint density at radius 3 is 2.87 bits per heavy atom. The van der Waals surface area contributed by atoms with Crippen LogP contribution >= 0.6 is 0 Å². The molecule has 30 heavy (non-hydrogen) atoms. The Morgan fingerprint density at radius 2 is 2.07 bits per heavy atom. The van der Waals surface area contributed by atoms with Gasteiger partial charge in [-0.3, -0.25) is 14.7 Å². The molecule has 0 saturated heterocycles. The van der Waals surface area contributed by atoms with Gasteiger partial charge in [0.15, 0.2) is 5.82 Å². The summed E-state index contributed by atoms with van der Waals surface area (Å²) in [6, 6.07) is 6.27. The van der Waals surface area contributed by atoms with Crippen LogP contribution in [-0.2, 0) is 19.5 Å². The second-order valence-corrected chi connectivity index (χ2v) is 7.33. The number of amides is 1. The molecule has 0 unspecified atom stereocenters. The Morgan fingerprint density at radius 1 is 1.20 bits per heavy atom. The molecule has 0 bridgehead atoms. The van der Waals surface area contributed by atoms with Gasteiger partial charge in [-0.15, -0.1) is 10.2 Å². The van der Waals surface area contributed by atoms with E-state index in [4.69, 9.17) is 0 Å². The first-order valence-corrected chi connectivity index (χ1v) is 9.80. The standard InChI is InChI=1S/C21H22F2N6O/c1-14(25-21(30)17-11-16(22)4-5-18(17)23)20-27-26-19-6-8-28(9-10-29(19)20)13-15-3-2-7-24-12-15/h2-5,7,11-12,14H,6,8-10,13H2,1H3,(H,25,30)/t14-/m1/s1. The van der Waals surface area contributed by atoms with Crippen molar-refractivity contribution in [2.24, 2.45) is 0 Å². The topological polar surface area (TPSA) is 75.9 Å². The lowest BCUT2D eigenvalue weighted by Gasteiger charge is -2.20. The fourth-order valence-electron chi connectivity index (χ4n) is 3.63. The van der Waals surface area contributed by atoms with Crippen molar-refractivity contribution in [1.82, 2.24) is 30.0 Å². The minimum absolute atomic E-state index is 0.333. The summed E-state index contributed by atoms with van der Waals surface area (Å²) >= 11 is 0. The average molecular weight is 412 g/mol. The predicted molar refractivity (Wildman–Crippen MR) is 105 cm³/mol. The minimum atomic E-state index is -0.771. The van der Waals surface area contributed by atoms with Crippen molar-refractivity contribution < 1.29 is 13.6 Å². The van der Waals surface area contributed by atoms with Crippen LogP contribution < -0.4 is 5.32 Å². The third kappa shape index (κ3) is 4.35. The zero-order chi connectivity index (χ0) is 21.1. The van der Waals surface area contributed by atoms with Gasteiger partial charge in [0.1, 0.15) is 17.5 Å². The van der Waals surface area contributed by atoms with Crippen molar-refractivity contribution >= 4 is 5.91 Å². The molecule has 1 N–H and O–H groups in total. The van der Waals surface area contributed by atoms with Crippen LogP contribution in [0, 0.1) is 11.6 Å². The zero-order valence-corrected chi connectivity index (χ0v) is 16.6. The number of hydrogen-bond acceptors (Lipinski definition) is 5. The van der Waals surface area contributed by atoms with Crippen LogP contribution in [0.5, 0.6) is 0 Å². The van der Waals surface area contributed by atoms with Crippen molar-refractivity contribution in [3.05, 3.63) is 77.1 Å². The summed E-state index contributed by atoms with van der Waals surface area (Å²) in [5.41, 5.74) is 0.813. The molecule has 1 amide bonds. The molecule has 7 nitrogen and oxygen atoms in total. The van der Waals surface area contributed by atoms with Crippen LogP contribution in [0.25, 0.3) is 0 Å². The van der Waals surface area contributed by atoms with Crippen molar-refractivity contribution in [2.45, 2.75) is 32.5 Å². The van der Waals surface area contributed by atoms with E-state index in [-0.39, 0.29) is 5.56 Å². The number of rotatable bonds is 5. The van der Waals surface area contributed by atoms with Gasteiger partial charge in [-0.2, -0.15) is 0 Å². The van der Waals surface area contributed by atoms with Gasteiger partial charge in [0, 0.05) is 45.0 Å². The maximum atomic E-state index is 13.9. The number of nitrogens with one attached hydrogen (secondary N) is 1. The molecule has 0 aliphatic carbocycles. The highest BCUT2D eigenvalue weighted by atomic mass is 19.1. The summed E-state index contributed by atoms with van der Waals surface area (Å²) in [5.74, 6) is -0.690. The Hall–Kier alpha value is -3.20. The molecule has 4 rings (SSSR count). The van der Waals surface area contributed by atoms with Crippen LogP contribution in [0.15, 0.2) is 42.7 Å². The average Bonchev–Trinajstić information content (AvgIpc) is 3.05. The van der Waals surface area contributed by atoms with E-state index in [9.17, 15) is 13.6 Å². The smallest absolute Gasteiger partial charge is 0.254 e. The van der Waals surface area contributed by atoms with Crippen LogP contribution in [0.2, 0.25) is 0 Å². The number of nitrogens with zero attached hydrogens (tertiary/aromatic N) is 5. The summed E-state index contributed by atoms with van der Waals surface area (Å²) in [4.78, 5) is 18.9. The van der Waals surface area contributed by atoms with E-state index in [1.165, 1.54) is 0 Å². The minimum Gasteiger partial charge on any atom is -0.342 e. The molecule has 1 aliphatic heterocycles. The summed E-state index contributed by atoms with van der Waals surface area (Å²) in [6.07, 6.45) is 4.34. The Balaban J connectivity index is 1.44. The van der Waals surface area contributed by atoms with Crippen molar-refractivity contribution in [1.29, 1.82) is 0 Å². The van der Waals surface area contributed by atoms with E-state index in [1.807, 2.05) is 22.9 Å². The lowest BCUT2D eigenvalue weighted by atomic mass is 10.1. The maximum Gasteiger partial charge on any atom is 0.254 e. The van der Waals surface area contributed by atoms with Gasteiger partial charge < -0.3 is 9.88 Å². The van der Waals surface area contributed by atoms with Gasteiger partial charge in [0.05, 0.1) is 11.6 Å². The molecule has 2 aromatic heterocycles. The fourth-order valence-corrected chi connectivity index (χ4v) is 3.63. The first-order chi connectivity index (χ1) is 14.5. The second-order valence-electron chi connectivity index (χ2n) is 7.33. The molecule has 0 fully saturated rings. The highest BCUT2D eigenvalue weighted by molar-refractivity contribution is 5.94. The van der Waals surface area contributed by atoms with E-state index < -0.39 is 23.6 Å². The van der Waals surface area contributed by atoms with E-state index in [1.54, 1.807) is 13.1 Å². The number of aromatic nitrogens is 4. The van der Waals surface area contributed by atoms with Gasteiger partial charge in [-0.05, 0) is 36.8 Å². The van der Waals surface area contributed by atoms with E-state index in [0.29, 0.717) is 12.4 Å². The van der Waals surface area contributed by atoms with Gasteiger partial charge in [-0.25, -0.2) is 8.78 Å². The van der Waals surface area contributed by atoms with Crippen LogP contribution in [0.1, 0.15) is 40.5 Å². The molecule has 9 heteroatoms. The SMILES string of the molecule is C[C@@H](NC(=O)c1cc(F)ccc1F)c1nnc2n1CCN(Cc1cccnc1)CC2. The van der Waals surface area contributed by atoms with Gasteiger partial charge in [-0.1, -0.05) is 6.07 Å². The highest BCUT2D eigenvalue weighted by Gasteiger charge is 2.24. The molecule has 3 aromatic rings. The predicted octanol–water partition coefficient (Wildman–Crippen LogP) is 2.50. The van der Waals surface area contributed by atoms with Crippen LogP contribution in [0.3, 0.4) is 0 Å². The Bertz CT molecular complexity index is 1040. The monoisotopic (exact) mass is 412 g/mol. The Labute approximate surface area is 172 Å². The molecule has 1 aromatic carbocycles. The van der Waals surface area contributed by atoms with E-state index in [0.717, 1.165) is 55.6 Å². The second kappa shape index (κ2) is 8.66. The number of halogens is 2. The molecule has 0 radical (unpaired) electrons. The number of fused-ring (bicyclic) bond motifs is 1. The largest absolute Gasteiger partial charge is 0.342 e. The van der Waals surface area contributed by atoms with Gasteiger partial charge in [0.25, 0.3) is 5.91 Å². The van der Waals surface area contributed by atoms with E-state index >= 15 is 0 Å². The maximum absolute atomic E-state index is 13.9. The van der Waals surface area contributed by atoms with Crippen molar-refractivity contribution in [3.63, 3.8) is 0 Å². The summed E-state index contributed by atoms with van der Waals surface area (Å²) in [7, 11) is 0. The summed E-state index contributed by atoms with van der Waals surface area (Å²) < 4.78 is 29.3. The Kier molecular flexibility index (Phi) is 5.80. The van der Waals surface area contributed by atoms with Crippen LogP contribution in [-0.4, -0.2) is 43.6 Å². The lowest BCUT2D eigenvalue weighted by molar-refractivity contribution is 0.0933. The number of carbonyl (C=O) groups excluding carboxylic acids is 1. The lowest BCUT2D eigenvalue weighted by Crippen LogP contribution is -2.30. The van der Waals surface area contributed by atoms with Crippen molar-refractivity contribution in [2.75, 3.05) is 13.1 Å². The number of hydrogen-bond donors (Lipinski definition) is 1. The molecule has 0 spiro atoms. The number of pyridine rings is 1. The summed E-state index contributed by atoms with van der Waals surface area (Å²) in [6.45, 7) is 4.86. The zero-order valence-electron chi connectivity index (χ0n) is 16.6. The number of benzene rings is 1. The third-order valence-corrected chi connectivity index (χ3v) is 5.18. The van der Waals surface area contributed by atoms with Crippen LogP contribution in [0.4, 0.5) is 8.78 Å². The summed E-state index contributed by atoms with van der Waals surface area (Å²) in [5, 5.41) is 11.2. The van der Waals surface area contributed by atoms with E-state index in [2.05, 4.69) is 25.4 Å². The molecule has 1 aliphatic rings. The fraction of sp³-hybridized carbons (Fsp3) is 0.333. The molecule has 1 atom stereocenters.